The molecule has 3 heteroatoms. The summed E-state index contributed by atoms with van der Waals surface area (Å²) in [5.74, 6) is 0.0464. The predicted octanol–water partition coefficient (Wildman–Crippen LogP) is 3.80. The molecule has 0 unspecified atom stereocenters. The van der Waals surface area contributed by atoms with Gasteiger partial charge in [0.25, 0.3) is 0 Å². The maximum atomic E-state index is 13.4. The number of aryl methyl sites for hydroxylation is 1. The fraction of sp³-hybridized carbons (Fsp3) is 0.0714. The van der Waals surface area contributed by atoms with Gasteiger partial charge >= 0.3 is 0 Å². The third kappa shape index (κ3) is 2.43. The number of rotatable bonds is 2. The van der Waals surface area contributed by atoms with Gasteiger partial charge in [-0.1, -0.05) is 18.2 Å². The van der Waals surface area contributed by atoms with Crippen LogP contribution in [0.3, 0.4) is 0 Å². The van der Waals surface area contributed by atoms with Crippen LogP contribution >= 0.6 is 0 Å². The summed E-state index contributed by atoms with van der Waals surface area (Å²) in [6, 6.07) is 13.3. The Labute approximate surface area is 98.9 Å². The van der Waals surface area contributed by atoms with E-state index in [1.54, 1.807) is 24.3 Å². The van der Waals surface area contributed by atoms with E-state index in [0.29, 0.717) is 11.3 Å². The molecular weight excluding hydrogens is 217 g/mol. The minimum atomic E-state index is -0.446. The van der Waals surface area contributed by atoms with Crippen molar-refractivity contribution in [1.29, 1.82) is 5.26 Å². The second-order valence-electron chi connectivity index (χ2n) is 3.64. The highest BCUT2D eigenvalue weighted by Crippen LogP contribution is 2.27. The summed E-state index contributed by atoms with van der Waals surface area (Å²) in [6.07, 6.45) is 0. The lowest BCUT2D eigenvalue weighted by Crippen LogP contribution is -1.91. The zero-order chi connectivity index (χ0) is 12.3. The maximum Gasteiger partial charge on any atom is 0.165 e. The molecule has 0 aliphatic carbocycles. The van der Waals surface area contributed by atoms with Crippen LogP contribution in [-0.2, 0) is 0 Å². The number of nitrogens with zero attached hydrogens (tertiary/aromatic N) is 1. The minimum Gasteiger partial charge on any atom is -0.453 e. The first-order chi connectivity index (χ1) is 8.20. The first-order valence-corrected chi connectivity index (χ1v) is 5.14. The van der Waals surface area contributed by atoms with E-state index < -0.39 is 5.82 Å². The fourth-order valence-corrected chi connectivity index (χ4v) is 1.45. The van der Waals surface area contributed by atoms with Gasteiger partial charge in [-0.15, -0.1) is 0 Å². The van der Waals surface area contributed by atoms with Crippen molar-refractivity contribution < 1.29 is 9.13 Å². The predicted molar refractivity (Wildman–Crippen MR) is 62.4 cm³/mol. The Morgan fingerprint density at radius 1 is 1.12 bits per heavy atom. The highest BCUT2D eigenvalue weighted by Gasteiger charge is 2.07. The Hall–Kier alpha value is -2.34. The number of para-hydroxylation sites is 1. The van der Waals surface area contributed by atoms with Gasteiger partial charge in [0.2, 0.25) is 0 Å². The van der Waals surface area contributed by atoms with Gasteiger partial charge in [0, 0.05) is 0 Å². The van der Waals surface area contributed by atoms with E-state index in [0.717, 1.165) is 5.56 Å². The summed E-state index contributed by atoms with van der Waals surface area (Å²) < 4.78 is 18.8. The normalized spacial score (nSPS) is 9.71. The number of hydrogen-bond donors (Lipinski definition) is 0. The number of hydrogen-bond acceptors (Lipinski definition) is 2. The number of ether oxygens (including phenoxy) is 1. The molecule has 0 aliphatic rings. The molecule has 0 bridgehead atoms. The highest BCUT2D eigenvalue weighted by atomic mass is 19.1. The molecular formula is C14H10FNO. The van der Waals surface area contributed by atoms with Crippen LogP contribution in [0.25, 0.3) is 0 Å². The average molecular weight is 227 g/mol. The van der Waals surface area contributed by atoms with Crippen LogP contribution in [0.4, 0.5) is 4.39 Å². The molecule has 0 N–H and O–H groups in total. The van der Waals surface area contributed by atoms with Gasteiger partial charge in [-0.25, -0.2) is 4.39 Å². The first-order valence-electron chi connectivity index (χ1n) is 5.14. The van der Waals surface area contributed by atoms with Crippen LogP contribution < -0.4 is 4.74 Å². The molecule has 0 fully saturated rings. The van der Waals surface area contributed by atoms with Gasteiger partial charge in [-0.3, -0.25) is 0 Å². The molecule has 0 amide bonds. The lowest BCUT2D eigenvalue weighted by atomic mass is 10.1. The molecule has 2 rings (SSSR count). The van der Waals surface area contributed by atoms with Gasteiger partial charge in [0.05, 0.1) is 5.56 Å². The summed E-state index contributed by atoms with van der Waals surface area (Å²) in [4.78, 5) is 0. The Morgan fingerprint density at radius 3 is 2.59 bits per heavy atom. The van der Waals surface area contributed by atoms with E-state index in [2.05, 4.69) is 0 Å². The Kier molecular flexibility index (Phi) is 3.06. The van der Waals surface area contributed by atoms with Gasteiger partial charge in [0.15, 0.2) is 11.6 Å². The minimum absolute atomic E-state index is 0.120. The van der Waals surface area contributed by atoms with Crippen molar-refractivity contribution >= 4 is 0 Å². The molecule has 2 aromatic carbocycles. The molecule has 0 radical (unpaired) electrons. The van der Waals surface area contributed by atoms with Crippen LogP contribution in [0.2, 0.25) is 0 Å². The van der Waals surface area contributed by atoms with Crippen molar-refractivity contribution in [2.75, 3.05) is 0 Å². The molecule has 0 heterocycles. The largest absolute Gasteiger partial charge is 0.453 e. The quantitative estimate of drug-likeness (QED) is 0.781. The molecule has 0 saturated heterocycles. The number of benzene rings is 2. The van der Waals surface area contributed by atoms with Gasteiger partial charge in [-0.05, 0) is 36.8 Å². The molecule has 0 aromatic heterocycles. The molecule has 2 nitrogen and oxygen atoms in total. The topological polar surface area (TPSA) is 33.0 Å². The second kappa shape index (κ2) is 4.67. The van der Waals surface area contributed by atoms with Crippen LogP contribution in [0, 0.1) is 24.1 Å². The highest BCUT2D eigenvalue weighted by molar-refractivity contribution is 5.47. The standard InChI is InChI=1S/C14H10FNO/c1-10-6-7-11(9-16)14(8-10)17-13-5-3-2-4-12(13)15/h2-8H,1H3. The Morgan fingerprint density at radius 2 is 1.88 bits per heavy atom. The second-order valence-corrected chi connectivity index (χ2v) is 3.64. The zero-order valence-corrected chi connectivity index (χ0v) is 9.27. The van der Waals surface area contributed by atoms with Crippen molar-refractivity contribution in [3.05, 3.63) is 59.4 Å². The van der Waals surface area contributed by atoms with Crippen LogP contribution in [-0.4, -0.2) is 0 Å². The lowest BCUT2D eigenvalue weighted by molar-refractivity contribution is 0.441. The summed E-state index contributed by atoms with van der Waals surface area (Å²) >= 11 is 0. The zero-order valence-electron chi connectivity index (χ0n) is 9.27. The smallest absolute Gasteiger partial charge is 0.165 e. The Bertz CT molecular complexity index is 587. The first kappa shape index (κ1) is 11.2. The van der Waals surface area contributed by atoms with Crippen molar-refractivity contribution in [2.24, 2.45) is 0 Å². The monoisotopic (exact) mass is 227 g/mol. The van der Waals surface area contributed by atoms with E-state index in [4.69, 9.17) is 10.00 Å². The summed E-state index contributed by atoms with van der Waals surface area (Å²) in [5.41, 5.74) is 1.34. The lowest BCUT2D eigenvalue weighted by Gasteiger charge is -2.08. The van der Waals surface area contributed by atoms with Crippen LogP contribution in [0.15, 0.2) is 42.5 Å². The van der Waals surface area contributed by atoms with Crippen molar-refractivity contribution in [3.63, 3.8) is 0 Å². The SMILES string of the molecule is Cc1ccc(C#N)c(Oc2ccccc2F)c1. The fourth-order valence-electron chi connectivity index (χ4n) is 1.45. The van der Waals surface area contributed by atoms with Gasteiger partial charge in [-0.2, -0.15) is 5.26 Å². The molecule has 0 saturated carbocycles. The van der Waals surface area contributed by atoms with Gasteiger partial charge < -0.3 is 4.74 Å². The van der Waals surface area contributed by atoms with E-state index in [1.165, 1.54) is 12.1 Å². The summed E-state index contributed by atoms with van der Waals surface area (Å²) in [5, 5.41) is 8.93. The van der Waals surface area contributed by atoms with Crippen molar-refractivity contribution in [2.45, 2.75) is 6.92 Å². The summed E-state index contributed by atoms with van der Waals surface area (Å²) in [6.45, 7) is 1.88. The van der Waals surface area contributed by atoms with Gasteiger partial charge in [0.1, 0.15) is 11.8 Å². The third-order valence-corrected chi connectivity index (χ3v) is 2.31. The van der Waals surface area contributed by atoms with Crippen LogP contribution in [0.5, 0.6) is 11.5 Å². The number of halogens is 1. The maximum absolute atomic E-state index is 13.4. The molecule has 0 aliphatic heterocycles. The number of nitriles is 1. The van der Waals surface area contributed by atoms with E-state index >= 15 is 0 Å². The van der Waals surface area contributed by atoms with Crippen molar-refractivity contribution in [1.82, 2.24) is 0 Å². The Balaban J connectivity index is 2.40. The van der Waals surface area contributed by atoms with E-state index in [1.807, 2.05) is 19.1 Å². The molecule has 17 heavy (non-hydrogen) atoms. The molecule has 0 atom stereocenters. The van der Waals surface area contributed by atoms with Crippen molar-refractivity contribution in [3.8, 4) is 17.6 Å². The molecule has 2 aromatic rings. The van der Waals surface area contributed by atoms with E-state index in [9.17, 15) is 4.39 Å². The molecule has 0 spiro atoms. The third-order valence-electron chi connectivity index (χ3n) is 2.31. The van der Waals surface area contributed by atoms with E-state index in [-0.39, 0.29) is 5.75 Å². The van der Waals surface area contributed by atoms with Crippen LogP contribution in [0.1, 0.15) is 11.1 Å². The average Bonchev–Trinajstić information content (AvgIpc) is 2.32. The summed E-state index contributed by atoms with van der Waals surface area (Å²) in [7, 11) is 0. The molecule has 84 valence electrons.